The summed E-state index contributed by atoms with van der Waals surface area (Å²) in [6.45, 7) is 8.22. The first-order valence-corrected chi connectivity index (χ1v) is 6.82. The van der Waals surface area contributed by atoms with Gasteiger partial charge < -0.3 is 9.73 Å². The molecule has 0 saturated carbocycles. The van der Waals surface area contributed by atoms with Gasteiger partial charge in [-0.05, 0) is 44.5 Å². The molecule has 1 aromatic heterocycles. The summed E-state index contributed by atoms with van der Waals surface area (Å²) in [4.78, 5) is 0. The molecule has 2 aromatic rings. The average molecular weight is 259 g/mol. The van der Waals surface area contributed by atoms with Gasteiger partial charge in [-0.25, -0.2) is 0 Å². The van der Waals surface area contributed by atoms with E-state index in [4.69, 9.17) is 4.42 Å². The zero-order valence-corrected chi connectivity index (χ0v) is 11.9. The van der Waals surface area contributed by atoms with E-state index in [9.17, 15) is 0 Å². The molecule has 0 radical (unpaired) electrons. The second kappa shape index (κ2) is 6.48. The van der Waals surface area contributed by atoms with E-state index in [1.165, 1.54) is 11.1 Å². The second-order valence-corrected chi connectivity index (χ2v) is 4.72. The van der Waals surface area contributed by atoms with E-state index in [1.807, 2.05) is 6.07 Å². The third-order valence-electron chi connectivity index (χ3n) is 3.16. The zero-order chi connectivity index (χ0) is 13.7. The molecule has 0 spiro atoms. The van der Waals surface area contributed by atoms with Gasteiger partial charge in [0.05, 0.1) is 0 Å². The number of nitrogens with zero attached hydrogens (tertiary/aromatic N) is 2. The van der Waals surface area contributed by atoms with Gasteiger partial charge in [0.15, 0.2) is 0 Å². The molecule has 19 heavy (non-hydrogen) atoms. The van der Waals surface area contributed by atoms with Gasteiger partial charge in [-0.15, -0.1) is 10.2 Å². The van der Waals surface area contributed by atoms with Crippen LogP contribution in [-0.2, 0) is 6.42 Å². The minimum Gasteiger partial charge on any atom is -0.421 e. The first kappa shape index (κ1) is 13.7. The smallest absolute Gasteiger partial charge is 0.248 e. The molecular formula is C15H21N3O. The Balaban J connectivity index is 2.08. The Morgan fingerprint density at radius 2 is 1.89 bits per heavy atom. The molecule has 0 aliphatic carbocycles. The van der Waals surface area contributed by atoms with Crippen molar-refractivity contribution in [3.05, 3.63) is 35.2 Å². The SMILES string of the molecule is CCNCCCc1nnc(-c2c(C)cccc2C)o1. The largest absolute Gasteiger partial charge is 0.421 e. The lowest BCUT2D eigenvalue weighted by Gasteiger charge is -2.04. The normalized spacial score (nSPS) is 10.9. The fourth-order valence-corrected chi connectivity index (χ4v) is 2.15. The predicted molar refractivity (Wildman–Crippen MR) is 76.1 cm³/mol. The molecule has 0 amide bonds. The minimum absolute atomic E-state index is 0.633. The molecule has 0 saturated heterocycles. The average Bonchev–Trinajstić information content (AvgIpc) is 2.83. The van der Waals surface area contributed by atoms with Crippen LogP contribution in [0.15, 0.2) is 22.6 Å². The van der Waals surface area contributed by atoms with Crippen molar-refractivity contribution in [1.29, 1.82) is 0 Å². The van der Waals surface area contributed by atoms with Crippen molar-refractivity contribution in [2.75, 3.05) is 13.1 Å². The van der Waals surface area contributed by atoms with Crippen LogP contribution in [0.2, 0.25) is 0 Å². The predicted octanol–water partition coefficient (Wildman–Crippen LogP) is 2.90. The molecule has 0 atom stereocenters. The van der Waals surface area contributed by atoms with Gasteiger partial charge in [-0.2, -0.15) is 0 Å². The summed E-state index contributed by atoms with van der Waals surface area (Å²) in [5.74, 6) is 1.35. The topological polar surface area (TPSA) is 51.0 Å². The molecule has 0 unspecified atom stereocenters. The molecule has 1 N–H and O–H groups in total. The summed E-state index contributed by atoms with van der Waals surface area (Å²) in [5, 5.41) is 11.6. The maximum absolute atomic E-state index is 5.76. The number of benzene rings is 1. The standard InChI is InChI=1S/C15H21N3O/c1-4-16-10-6-9-13-17-18-15(19-13)14-11(2)7-5-8-12(14)3/h5,7-8,16H,4,6,9-10H2,1-3H3. The Labute approximate surface area is 114 Å². The molecule has 1 heterocycles. The molecule has 4 heteroatoms. The van der Waals surface area contributed by atoms with Crippen molar-refractivity contribution in [2.45, 2.75) is 33.6 Å². The van der Waals surface area contributed by atoms with Gasteiger partial charge in [0.1, 0.15) is 0 Å². The maximum Gasteiger partial charge on any atom is 0.248 e. The number of hydrogen-bond donors (Lipinski definition) is 1. The van der Waals surface area contributed by atoms with Gasteiger partial charge >= 0.3 is 0 Å². The monoisotopic (exact) mass is 259 g/mol. The van der Waals surface area contributed by atoms with E-state index in [0.29, 0.717) is 5.89 Å². The van der Waals surface area contributed by atoms with Crippen molar-refractivity contribution >= 4 is 0 Å². The van der Waals surface area contributed by atoms with Crippen molar-refractivity contribution in [2.24, 2.45) is 0 Å². The van der Waals surface area contributed by atoms with Crippen LogP contribution < -0.4 is 5.32 Å². The van der Waals surface area contributed by atoms with Gasteiger partial charge in [0.25, 0.3) is 0 Å². The van der Waals surface area contributed by atoms with E-state index in [-0.39, 0.29) is 0 Å². The van der Waals surface area contributed by atoms with E-state index in [2.05, 4.69) is 48.4 Å². The summed E-state index contributed by atoms with van der Waals surface area (Å²) in [7, 11) is 0. The number of hydrogen-bond acceptors (Lipinski definition) is 4. The Kier molecular flexibility index (Phi) is 4.68. The molecule has 0 bridgehead atoms. The van der Waals surface area contributed by atoms with Crippen LogP contribution >= 0.6 is 0 Å². The summed E-state index contributed by atoms with van der Waals surface area (Å²) in [5.41, 5.74) is 3.40. The van der Waals surface area contributed by atoms with Crippen molar-refractivity contribution in [1.82, 2.24) is 15.5 Å². The Morgan fingerprint density at radius 3 is 2.58 bits per heavy atom. The highest BCUT2D eigenvalue weighted by Crippen LogP contribution is 2.25. The van der Waals surface area contributed by atoms with Crippen LogP contribution in [0.25, 0.3) is 11.5 Å². The molecular weight excluding hydrogens is 238 g/mol. The van der Waals surface area contributed by atoms with Crippen LogP contribution in [0.4, 0.5) is 0 Å². The highest BCUT2D eigenvalue weighted by atomic mass is 16.4. The number of aromatic nitrogens is 2. The van der Waals surface area contributed by atoms with E-state index < -0.39 is 0 Å². The third-order valence-corrected chi connectivity index (χ3v) is 3.16. The quantitative estimate of drug-likeness (QED) is 0.810. The number of rotatable bonds is 6. The number of aryl methyl sites for hydroxylation is 3. The van der Waals surface area contributed by atoms with Crippen LogP contribution in [0.3, 0.4) is 0 Å². The second-order valence-electron chi connectivity index (χ2n) is 4.72. The van der Waals surface area contributed by atoms with Crippen LogP contribution in [0.1, 0.15) is 30.4 Å². The highest BCUT2D eigenvalue weighted by Gasteiger charge is 2.12. The molecule has 102 valence electrons. The van der Waals surface area contributed by atoms with E-state index in [0.717, 1.165) is 37.4 Å². The first-order valence-electron chi connectivity index (χ1n) is 6.82. The maximum atomic E-state index is 5.76. The summed E-state index contributed by atoms with van der Waals surface area (Å²) in [6, 6.07) is 6.18. The van der Waals surface area contributed by atoms with Crippen LogP contribution in [0.5, 0.6) is 0 Å². The lowest BCUT2D eigenvalue weighted by atomic mass is 10.0. The minimum atomic E-state index is 0.633. The first-order chi connectivity index (χ1) is 9.22. The molecule has 0 aliphatic heterocycles. The third kappa shape index (κ3) is 3.41. The van der Waals surface area contributed by atoms with Crippen LogP contribution in [-0.4, -0.2) is 23.3 Å². The van der Waals surface area contributed by atoms with Crippen LogP contribution in [0, 0.1) is 13.8 Å². The molecule has 4 nitrogen and oxygen atoms in total. The van der Waals surface area contributed by atoms with Crippen molar-refractivity contribution in [3.8, 4) is 11.5 Å². The molecule has 1 aromatic carbocycles. The zero-order valence-electron chi connectivity index (χ0n) is 11.9. The van der Waals surface area contributed by atoms with E-state index >= 15 is 0 Å². The fourth-order valence-electron chi connectivity index (χ4n) is 2.15. The van der Waals surface area contributed by atoms with Gasteiger partial charge in [-0.3, -0.25) is 0 Å². The number of nitrogens with one attached hydrogen (secondary N) is 1. The lowest BCUT2D eigenvalue weighted by Crippen LogP contribution is -2.14. The van der Waals surface area contributed by atoms with Gasteiger partial charge in [0, 0.05) is 12.0 Å². The van der Waals surface area contributed by atoms with Gasteiger partial charge in [0.2, 0.25) is 11.8 Å². The van der Waals surface area contributed by atoms with Crippen molar-refractivity contribution in [3.63, 3.8) is 0 Å². The lowest BCUT2D eigenvalue weighted by molar-refractivity contribution is 0.492. The highest BCUT2D eigenvalue weighted by molar-refractivity contribution is 5.62. The molecule has 0 aliphatic rings. The Bertz CT molecular complexity index is 514. The summed E-state index contributed by atoms with van der Waals surface area (Å²) >= 11 is 0. The fraction of sp³-hybridized carbons (Fsp3) is 0.467. The molecule has 2 rings (SSSR count). The Hall–Kier alpha value is -1.68. The summed E-state index contributed by atoms with van der Waals surface area (Å²) in [6.07, 6.45) is 1.84. The Morgan fingerprint density at radius 1 is 1.16 bits per heavy atom. The van der Waals surface area contributed by atoms with E-state index in [1.54, 1.807) is 0 Å². The van der Waals surface area contributed by atoms with Crippen molar-refractivity contribution < 1.29 is 4.42 Å². The summed E-state index contributed by atoms with van der Waals surface area (Å²) < 4.78 is 5.76. The van der Waals surface area contributed by atoms with Gasteiger partial charge in [-0.1, -0.05) is 25.1 Å². The molecule has 0 fully saturated rings.